The van der Waals surface area contributed by atoms with Gasteiger partial charge in [0.05, 0.1) is 0 Å². The van der Waals surface area contributed by atoms with Crippen LogP contribution in [0.5, 0.6) is 0 Å². The van der Waals surface area contributed by atoms with E-state index in [2.05, 4.69) is 87.7 Å². The van der Waals surface area contributed by atoms with Crippen molar-refractivity contribution in [2.45, 2.75) is 33.1 Å². The molecule has 0 fully saturated rings. The minimum atomic E-state index is 0.189. The molecule has 120 valence electrons. The first-order valence-corrected chi connectivity index (χ1v) is 9.33. The fourth-order valence-corrected chi connectivity index (χ4v) is 4.27. The second-order valence-corrected chi connectivity index (χ2v) is 8.56. The maximum Gasteiger partial charge on any atom is 0.0421 e. The average Bonchev–Trinajstić information content (AvgIpc) is 3.01. The van der Waals surface area contributed by atoms with Crippen molar-refractivity contribution >= 4 is 32.2 Å². The Morgan fingerprint density at radius 1 is 0.792 bits per heavy atom. The van der Waals surface area contributed by atoms with Gasteiger partial charge in [-0.05, 0) is 57.3 Å². The molecular formula is C23H22S. The summed E-state index contributed by atoms with van der Waals surface area (Å²) >= 11 is 1.83. The van der Waals surface area contributed by atoms with Crippen molar-refractivity contribution in [1.82, 2.24) is 0 Å². The smallest absolute Gasteiger partial charge is 0.0421 e. The number of benzene rings is 3. The van der Waals surface area contributed by atoms with Gasteiger partial charge in [0.1, 0.15) is 0 Å². The summed E-state index contributed by atoms with van der Waals surface area (Å²) in [5.74, 6) is 0. The lowest BCUT2D eigenvalue weighted by Crippen LogP contribution is -2.10. The van der Waals surface area contributed by atoms with Crippen LogP contribution in [0, 0.1) is 6.92 Å². The summed E-state index contributed by atoms with van der Waals surface area (Å²) in [5, 5.41) is 6.25. The highest BCUT2D eigenvalue weighted by Gasteiger charge is 2.14. The lowest BCUT2D eigenvalue weighted by molar-refractivity contribution is 0.590. The Hall–Kier alpha value is -2.12. The van der Waals surface area contributed by atoms with Crippen LogP contribution in [-0.4, -0.2) is 0 Å². The molecular weight excluding hydrogens is 308 g/mol. The Morgan fingerprint density at radius 3 is 2.25 bits per heavy atom. The predicted molar refractivity (Wildman–Crippen MR) is 108 cm³/mol. The number of thiophene rings is 1. The van der Waals surface area contributed by atoms with Gasteiger partial charge in [0.25, 0.3) is 0 Å². The van der Waals surface area contributed by atoms with Gasteiger partial charge >= 0.3 is 0 Å². The van der Waals surface area contributed by atoms with E-state index in [-0.39, 0.29) is 5.41 Å². The van der Waals surface area contributed by atoms with E-state index in [1.165, 1.54) is 43.1 Å². The highest BCUT2D eigenvalue weighted by atomic mass is 32.1. The number of aryl methyl sites for hydroxylation is 1. The summed E-state index contributed by atoms with van der Waals surface area (Å²) in [7, 11) is 0. The van der Waals surface area contributed by atoms with Crippen LogP contribution in [0.15, 0.2) is 60.0 Å². The van der Waals surface area contributed by atoms with Crippen LogP contribution in [0.4, 0.5) is 0 Å². The van der Waals surface area contributed by atoms with Gasteiger partial charge in [-0.25, -0.2) is 0 Å². The SMILES string of the molecule is Cc1ccc2c(c1)c(-c1ccc(C(C)(C)C)cc1)cc1ccsc12. The second kappa shape index (κ2) is 5.46. The molecule has 1 heterocycles. The van der Waals surface area contributed by atoms with Gasteiger partial charge in [0, 0.05) is 10.1 Å². The molecule has 0 saturated heterocycles. The zero-order chi connectivity index (χ0) is 16.9. The summed E-state index contributed by atoms with van der Waals surface area (Å²) in [6.07, 6.45) is 0. The Kier molecular flexibility index (Phi) is 3.51. The normalized spacial score (nSPS) is 12.2. The molecule has 0 atom stereocenters. The van der Waals surface area contributed by atoms with Crippen molar-refractivity contribution in [1.29, 1.82) is 0 Å². The van der Waals surface area contributed by atoms with Gasteiger partial charge in [0.15, 0.2) is 0 Å². The van der Waals surface area contributed by atoms with Gasteiger partial charge in [-0.1, -0.05) is 68.8 Å². The van der Waals surface area contributed by atoms with Crippen molar-refractivity contribution in [3.63, 3.8) is 0 Å². The van der Waals surface area contributed by atoms with Crippen molar-refractivity contribution in [2.24, 2.45) is 0 Å². The van der Waals surface area contributed by atoms with E-state index in [1.54, 1.807) is 0 Å². The molecule has 0 amide bonds. The Labute approximate surface area is 147 Å². The molecule has 0 N–H and O–H groups in total. The van der Waals surface area contributed by atoms with E-state index < -0.39 is 0 Å². The molecule has 0 unspecified atom stereocenters. The standard InChI is InChI=1S/C23H22S/c1-15-5-10-19-21(13-15)20(14-17-11-12-24-22(17)19)16-6-8-18(9-7-16)23(2,3)4/h5-14H,1-4H3. The summed E-state index contributed by atoms with van der Waals surface area (Å²) in [5.41, 5.74) is 5.51. The largest absolute Gasteiger partial charge is 0.143 e. The first-order valence-electron chi connectivity index (χ1n) is 8.45. The molecule has 4 aromatic rings. The fraction of sp³-hybridized carbons (Fsp3) is 0.217. The maximum absolute atomic E-state index is 2.35. The van der Waals surface area contributed by atoms with Crippen LogP contribution in [0.1, 0.15) is 31.9 Å². The maximum atomic E-state index is 2.35. The number of fused-ring (bicyclic) bond motifs is 3. The van der Waals surface area contributed by atoms with E-state index in [0.29, 0.717) is 0 Å². The van der Waals surface area contributed by atoms with Crippen LogP contribution in [0.25, 0.3) is 32.0 Å². The van der Waals surface area contributed by atoms with Crippen molar-refractivity contribution in [2.75, 3.05) is 0 Å². The molecule has 0 bridgehead atoms. The average molecular weight is 330 g/mol. The van der Waals surface area contributed by atoms with E-state index in [0.717, 1.165) is 0 Å². The van der Waals surface area contributed by atoms with Crippen LogP contribution in [0.2, 0.25) is 0 Å². The van der Waals surface area contributed by atoms with Gasteiger partial charge in [-0.2, -0.15) is 0 Å². The minimum Gasteiger partial charge on any atom is -0.143 e. The molecule has 0 aliphatic rings. The van der Waals surface area contributed by atoms with Crippen molar-refractivity contribution < 1.29 is 0 Å². The van der Waals surface area contributed by atoms with Crippen LogP contribution in [0.3, 0.4) is 0 Å². The van der Waals surface area contributed by atoms with Crippen LogP contribution >= 0.6 is 11.3 Å². The summed E-state index contributed by atoms with van der Waals surface area (Å²) < 4.78 is 1.39. The van der Waals surface area contributed by atoms with Gasteiger partial charge < -0.3 is 0 Å². The summed E-state index contributed by atoms with van der Waals surface area (Å²) in [6.45, 7) is 8.96. The lowest BCUT2D eigenvalue weighted by Gasteiger charge is -2.19. The van der Waals surface area contributed by atoms with Gasteiger partial charge in [0.2, 0.25) is 0 Å². The summed E-state index contributed by atoms with van der Waals surface area (Å²) in [4.78, 5) is 0. The predicted octanol–water partition coefficient (Wildman–Crippen LogP) is 7.33. The van der Waals surface area contributed by atoms with Gasteiger partial charge in [-0.3, -0.25) is 0 Å². The third-order valence-corrected chi connectivity index (χ3v) is 5.73. The summed E-state index contributed by atoms with van der Waals surface area (Å²) in [6, 6.07) is 20.5. The third kappa shape index (κ3) is 2.53. The van der Waals surface area contributed by atoms with E-state index in [4.69, 9.17) is 0 Å². The molecule has 0 radical (unpaired) electrons. The highest BCUT2D eigenvalue weighted by Crippen LogP contribution is 2.38. The quantitative estimate of drug-likeness (QED) is 0.343. The number of hydrogen-bond acceptors (Lipinski definition) is 1. The van der Waals surface area contributed by atoms with Gasteiger partial charge in [-0.15, -0.1) is 11.3 Å². The van der Waals surface area contributed by atoms with E-state index in [1.807, 2.05) is 11.3 Å². The molecule has 24 heavy (non-hydrogen) atoms. The molecule has 1 heteroatoms. The van der Waals surface area contributed by atoms with Crippen molar-refractivity contribution in [3.05, 3.63) is 71.1 Å². The van der Waals surface area contributed by atoms with Crippen molar-refractivity contribution in [3.8, 4) is 11.1 Å². The zero-order valence-electron chi connectivity index (χ0n) is 14.7. The van der Waals surface area contributed by atoms with E-state index >= 15 is 0 Å². The number of hydrogen-bond donors (Lipinski definition) is 0. The first-order chi connectivity index (χ1) is 11.4. The molecule has 0 aliphatic heterocycles. The lowest BCUT2D eigenvalue weighted by atomic mass is 9.86. The van der Waals surface area contributed by atoms with E-state index in [9.17, 15) is 0 Å². The Morgan fingerprint density at radius 2 is 1.54 bits per heavy atom. The molecule has 0 spiro atoms. The zero-order valence-corrected chi connectivity index (χ0v) is 15.5. The topological polar surface area (TPSA) is 0 Å². The van der Waals surface area contributed by atoms with Crippen LogP contribution < -0.4 is 0 Å². The molecule has 3 aromatic carbocycles. The monoisotopic (exact) mass is 330 g/mol. The first kappa shape index (κ1) is 15.4. The highest BCUT2D eigenvalue weighted by molar-refractivity contribution is 7.18. The molecule has 0 saturated carbocycles. The Bertz CT molecular complexity index is 1030. The molecule has 1 aromatic heterocycles. The molecule has 0 nitrogen and oxygen atoms in total. The minimum absolute atomic E-state index is 0.189. The molecule has 0 aliphatic carbocycles. The fourth-order valence-electron chi connectivity index (χ4n) is 3.35. The second-order valence-electron chi connectivity index (χ2n) is 7.64. The van der Waals surface area contributed by atoms with Crippen LogP contribution in [-0.2, 0) is 5.41 Å². The third-order valence-electron chi connectivity index (χ3n) is 4.77. The number of rotatable bonds is 1. The Balaban J connectivity index is 1.99. The molecule has 4 rings (SSSR count).